The number of rotatable bonds is 3. The third kappa shape index (κ3) is 5.52. The third-order valence-electron chi connectivity index (χ3n) is 4.15. The average molecular weight is 265 g/mol. The molecule has 1 unspecified atom stereocenters. The van der Waals surface area contributed by atoms with Crippen LogP contribution in [0.3, 0.4) is 0 Å². The summed E-state index contributed by atoms with van der Waals surface area (Å²) >= 11 is 0. The van der Waals surface area contributed by atoms with Crippen molar-refractivity contribution < 1.29 is 4.79 Å². The maximum atomic E-state index is 11.1. The highest BCUT2D eigenvalue weighted by atomic mass is 16.1. The first-order valence-electron chi connectivity index (χ1n) is 7.17. The lowest BCUT2D eigenvalue weighted by Crippen LogP contribution is -2.36. The van der Waals surface area contributed by atoms with Gasteiger partial charge in [-0.2, -0.15) is 0 Å². The summed E-state index contributed by atoms with van der Waals surface area (Å²) in [6, 6.07) is 2.01. The SMILES string of the molecule is NC(=O)CC1CCCN1[C]1CCCCCCC1.[CH2].[CH2]. The number of nitrogens with two attached hydrogens (primary N) is 1. The zero-order chi connectivity index (χ0) is 12.1. The van der Waals surface area contributed by atoms with Crippen molar-refractivity contribution in [3.63, 3.8) is 0 Å². The van der Waals surface area contributed by atoms with Gasteiger partial charge in [0.15, 0.2) is 0 Å². The summed E-state index contributed by atoms with van der Waals surface area (Å²) < 4.78 is 0. The van der Waals surface area contributed by atoms with Gasteiger partial charge in [0.2, 0.25) is 5.91 Å². The first-order chi connectivity index (χ1) is 8.27. The van der Waals surface area contributed by atoms with E-state index < -0.39 is 0 Å². The van der Waals surface area contributed by atoms with Crippen molar-refractivity contribution in [3.8, 4) is 0 Å². The minimum Gasteiger partial charge on any atom is -0.370 e. The van der Waals surface area contributed by atoms with E-state index in [0.717, 1.165) is 13.0 Å². The number of amides is 1. The molecule has 109 valence electrons. The quantitative estimate of drug-likeness (QED) is 0.851. The molecule has 0 spiro atoms. The first-order valence-corrected chi connectivity index (χ1v) is 7.17. The van der Waals surface area contributed by atoms with Gasteiger partial charge in [0.1, 0.15) is 0 Å². The molecule has 3 heteroatoms. The number of primary amides is 1. The van der Waals surface area contributed by atoms with E-state index >= 15 is 0 Å². The number of hydrogen-bond acceptors (Lipinski definition) is 2. The maximum absolute atomic E-state index is 11.1. The fraction of sp³-hybridized carbons (Fsp3) is 0.750. The van der Waals surface area contributed by atoms with Crippen molar-refractivity contribution in [3.05, 3.63) is 20.9 Å². The molecule has 0 aromatic rings. The molecule has 3 nitrogen and oxygen atoms in total. The highest BCUT2D eigenvalue weighted by Crippen LogP contribution is 2.33. The van der Waals surface area contributed by atoms with Crippen LogP contribution < -0.4 is 5.73 Å². The fourth-order valence-electron chi connectivity index (χ4n) is 3.30. The molecular weight excluding hydrogens is 236 g/mol. The van der Waals surface area contributed by atoms with Crippen molar-refractivity contribution in [2.24, 2.45) is 5.73 Å². The van der Waals surface area contributed by atoms with Gasteiger partial charge in [-0.25, -0.2) is 0 Å². The smallest absolute Gasteiger partial charge is 0.218 e. The Labute approximate surface area is 119 Å². The molecule has 1 aliphatic carbocycles. The van der Waals surface area contributed by atoms with Gasteiger partial charge in [0.25, 0.3) is 0 Å². The summed E-state index contributed by atoms with van der Waals surface area (Å²) in [5.41, 5.74) is 5.35. The van der Waals surface area contributed by atoms with E-state index in [4.69, 9.17) is 5.73 Å². The van der Waals surface area contributed by atoms with Crippen molar-refractivity contribution in [2.75, 3.05) is 6.54 Å². The summed E-state index contributed by atoms with van der Waals surface area (Å²) in [6.07, 6.45) is 12.2. The minimum absolute atomic E-state index is 0. The van der Waals surface area contributed by atoms with Crippen LogP contribution in [-0.2, 0) is 4.79 Å². The predicted molar refractivity (Wildman–Crippen MR) is 79.8 cm³/mol. The van der Waals surface area contributed by atoms with Crippen LogP contribution >= 0.6 is 0 Å². The summed E-state index contributed by atoms with van der Waals surface area (Å²) in [6.45, 7) is 1.15. The van der Waals surface area contributed by atoms with E-state index in [-0.39, 0.29) is 20.8 Å². The van der Waals surface area contributed by atoms with Crippen LogP contribution in [0.25, 0.3) is 0 Å². The van der Waals surface area contributed by atoms with Crippen molar-refractivity contribution in [2.45, 2.75) is 70.3 Å². The van der Waals surface area contributed by atoms with Crippen LogP contribution in [0, 0.1) is 20.9 Å². The summed E-state index contributed by atoms with van der Waals surface area (Å²) in [5.74, 6) is -0.145. The molecule has 19 heavy (non-hydrogen) atoms. The Morgan fingerprint density at radius 2 is 1.63 bits per heavy atom. The Balaban J connectivity index is 0.00000162. The molecule has 2 aliphatic rings. The maximum Gasteiger partial charge on any atom is 0.218 e. The summed E-state index contributed by atoms with van der Waals surface area (Å²) in [7, 11) is 0. The van der Waals surface area contributed by atoms with Gasteiger partial charge in [-0.05, 0) is 32.2 Å². The number of hydrogen-bond donors (Lipinski definition) is 1. The van der Waals surface area contributed by atoms with Crippen molar-refractivity contribution >= 4 is 5.91 Å². The number of carbonyl (C=O) groups excluding carboxylic acids is 1. The number of carbonyl (C=O) groups is 1. The molecule has 1 amide bonds. The lowest BCUT2D eigenvalue weighted by molar-refractivity contribution is -0.119. The second-order valence-corrected chi connectivity index (χ2v) is 5.49. The van der Waals surface area contributed by atoms with E-state index in [1.165, 1.54) is 51.4 Å². The molecular formula is C16H29N2O. The Hall–Kier alpha value is -0.570. The van der Waals surface area contributed by atoms with E-state index in [1.54, 1.807) is 6.04 Å². The van der Waals surface area contributed by atoms with Crippen LogP contribution in [0.15, 0.2) is 0 Å². The van der Waals surface area contributed by atoms with Gasteiger partial charge in [0.05, 0.1) is 0 Å². The normalized spacial score (nSPS) is 25.8. The van der Waals surface area contributed by atoms with E-state index in [1.807, 2.05) is 0 Å². The molecule has 1 saturated carbocycles. The first kappa shape index (κ1) is 18.4. The molecule has 0 bridgehead atoms. The Bertz CT molecular complexity index is 247. The summed E-state index contributed by atoms with van der Waals surface area (Å²) in [4.78, 5) is 13.6. The minimum atomic E-state index is -0.145. The highest BCUT2D eigenvalue weighted by molar-refractivity contribution is 5.74. The van der Waals surface area contributed by atoms with Gasteiger partial charge in [-0.3, -0.25) is 9.69 Å². The molecule has 2 fully saturated rings. The molecule has 1 heterocycles. The predicted octanol–water partition coefficient (Wildman–Crippen LogP) is 3.26. The van der Waals surface area contributed by atoms with Crippen LogP contribution in [0.1, 0.15) is 64.2 Å². The molecule has 1 aliphatic heterocycles. The molecule has 0 aromatic carbocycles. The van der Waals surface area contributed by atoms with Gasteiger partial charge in [-0.15, -0.1) is 0 Å². The lowest BCUT2D eigenvalue weighted by atomic mass is 9.95. The van der Waals surface area contributed by atoms with Gasteiger partial charge >= 0.3 is 0 Å². The van der Waals surface area contributed by atoms with E-state index in [2.05, 4.69) is 4.90 Å². The second-order valence-electron chi connectivity index (χ2n) is 5.49. The molecule has 2 rings (SSSR count). The van der Waals surface area contributed by atoms with Crippen molar-refractivity contribution in [1.29, 1.82) is 0 Å². The van der Waals surface area contributed by atoms with Crippen LogP contribution in [0.2, 0.25) is 0 Å². The van der Waals surface area contributed by atoms with E-state index in [0.29, 0.717) is 12.5 Å². The van der Waals surface area contributed by atoms with Gasteiger partial charge in [0, 0.05) is 18.5 Å². The Morgan fingerprint density at radius 1 is 1.05 bits per heavy atom. The van der Waals surface area contributed by atoms with Crippen LogP contribution in [0.5, 0.6) is 0 Å². The zero-order valence-electron chi connectivity index (χ0n) is 12.2. The average Bonchev–Trinajstić information content (AvgIpc) is 2.64. The van der Waals surface area contributed by atoms with Gasteiger partial charge in [-0.1, -0.05) is 47.0 Å². The highest BCUT2D eigenvalue weighted by Gasteiger charge is 2.31. The molecule has 0 aromatic heterocycles. The van der Waals surface area contributed by atoms with Crippen LogP contribution in [-0.4, -0.2) is 23.4 Å². The van der Waals surface area contributed by atoms with Crippen LogP contribution in [0.4, 0.5) is 0 Å². The number of likely N-dealkylation sites (tertiary alicyclic amines) is 1. The van der Waals surface area contributed by atoms with E-state index in [9.17, 15) is 4.79 Å². The fourth-order valence-corrected chi connectivity index (χ4v) is 3.30. The Morgan fingerprint density at radius 3 is 2.21 bits per heavy atom. The Kier molecular flexibility index (Phi) is 9.07. The topological polar surface area (TPSA) is 46.3 Å². The molecule has 1 saturated heterocycles. The monoisotopic (exact) mass is 265 g/mol. The largest absolute Gasteiger partial charge is 0.370 e. The number of nitrogens with zero attached hydrogens (tertiary/aromatic N) is 1. The standard InChI is InChI=1S/C14H25N2O.2CH2/c15-14(17)11-13-9-6-10-16(13)12-7-4-2-1-3-5-8-12;;/h13H,1-11H2,(H2,15,17);2*1H2. The molecule has 2 N–H and O–H groups in total. The lowest BCUT2D eigenvalue weighted by Gasteiger charge is -2.33. The molecule has 1 atom stereocenters. The summed E-state index contributed by atoms with van der Waals surface area (Å²) in [5, 5.41) is 0. The van der Waals surface area contributed by atoms with Gasteiger partial charge < -0.3 is 5.73 Å². The third-order valence-corrected chi connectivity index (χ3v) is 4.15. The molecule has 5 radical (unpaired) electrons. The van der Waals surface area contributed by atoms with Crippen molar-refractivity contribution in [1.82, 2.24) is 4.90 Å². The second kappa shape index (κ2) is 9.35. The zero-order valence-corrected chi connectivity index (χ0v) is 12.2.